The Balaban J connectivity index is 1.90. The number of imide groups is 1. The van der Waals surface area contributed by atoms with Gasteiger partial charge in [0.05, 0.1) is 12.7 Å². The van der Waals surface area contributed by atoms with Gasteiger partial charge in [-0.2, -0.15) is 0 Å². The molecule has 4 rings (SSSR count). The van der Waals surface area contributed by atoms with E-state index in [9.17, 15) is 14.7 Å². The van der Waals surface area contributed by atoms with Crippen molar-refractivity contribution >= 4 is 11.9 Å². The standard InChI is InChI=1S/C24H35N3O4/c1-6-26-13-12-22(19-14-18(31-5)9-8-16(19)3)15-23(10-11-24(22,30)17(26)4)20(28)27(7-2)21(29)25-23/h8-9,14,17,30H,6-7,10-13,15H2,1-5H3,(H,25,29)/t17-,22?,23+,24-/m1/s1. The van der Waals surface area contributed by atoms with Crippen LogP contribution in [-0.2, 0) is 10.2 Å². The predicted octanol–water partition coefficient (Wildman–Crippen LogP) is 2.58. The zero-order chi connectivity index (χ0) is 22.6. The lowest BCUT2D eigenvalue weighted by Crippen LogP contribution is -2.73. The van der Waals surface area contributed by atoms with Crippen LogP contribution in [0.5, 0.6) is 5.75 Å². The molecule has 0 aromatic heterocycles. The van der Waals surface area contributed by atoms with Gasteiger partial charge in [-0.1, -0.05) is 13.0 Å². The lowest BCUT2D eigenvalue weighted by atomic mass is 9.49. The molecule has 1 saturated carbocycles. The molecular weight excluding hydrogens is 394 g/mol. The normalized spacial score (nSPS) is 35.9. The summed E-state index contributed by atoms with van der Waals surface area (Å²) in [6.07, 6.45) is 2.00. The van der Waals surface area contributed by atoms with Gasteiger partial charge in [0.15, 0.2) is 0 Å². The Hall–Kier alpha value is -2.12. The summed E-state index contributed by atoms with van der Waals surface area (Å²) in [6.45, 7) is 10.1. The van der Waals surface area contributed by atoms with Crippen molar-refractivity contribution in [3.63, 3.8) is 0 Å². The number of rotatable bonds is 4. The van der Waals surface area contributed by atoms with E-state index in [2.05, 4.69) is 31.0 Å². The van der Waals surface area contributed by atoms with E-state index < -0.39 is 16.6 Å². The van der Waals surface area contributed by atoms with Crippen LogP contribution in [0.4, 0.5) is 4.79 Å². The smallest absolute Gasteiger partial charge is 0.325 e. The van der Waals surface area contributed by atoms with E-state index in [0.717, 1.165) is 30.0 Å². The number of likely N-dealkylation sites (N-methyl/N-ethyl adjacent to an activating group) is 2. The molecule has 2 aliphatic heterocycles. The quantitative estimate of drug-likeness (QED) is 0.719. The number of aliphatic hydroxyl groups is 1. The highest BCUT2D eigenvalue weighted by Gasteiger charge is 2.67. The van der Waals surface area contributed by atoms with Gasteiger partial charge in [0.2, 0.25) is 0 Å². The van der Waals surface area contributed by atoms with Crippen LogP contribution in [0.2, 0.25) is 0 Å². The van der Waals surface area contributed by atoms with E-state index in [1.54, 1.807) is 7.11 Å². The number of likely N-dealkylation sites (tertiary alicyclic amines) is 1. The van der Waals surface area contributed by atoms with Crippen molar-refractivity contribution in [3.05, 3.63) is 29.3 Å². The number of ether oxygens (including phenoxy) is 1. The SMILES string of the molecule is CCN1C(=O)N[C@]2(CC[C@@]3(O)[C@@H](C)N(CC)CCC3(c3cc(OC)ccc3C)C2)C1=O. The van der Waals surface area contributed by atoms with Crippen molar-refractivity contribution in [1.29, 1.82) is 0 Å². The van der Waals surface area contributed by atoms with E-state index in [1.165, 1.54) is 4.90 Å². The van der Waals surface area contributed by atoms with Crippen LogP contribution in [0.1, 0.15) is 57.6 Å². The molecule has 7 heteroatoms. The van der Waals surface area contributed by atoms with Crippen LogP contribution in [0.25, 0.3) is 0 Å². The number of nitrogens with one attached hydrogen (secondary N) is 1. The number of carbonyl (C=O) groups is 2. The minimum absolute atomic E-state index is 0.0660. The van der Waals surface area contributed by atoms with E-state index >= 15 is 0 Å². The maximum atomic E-state index is 13.4. The molecule has 2 heterocycles. The summed E-state index contributed by atoms with van der Waals surface area (Å²) < 4.78 is 5.53. The average molecular weight is 430 g/mol. The minimum Gasteiger partial charge on any atom is -0.497 e. The molecule has 0 bridgehead atoms. The van der Waals surface area contributed by atoms with Crippen LogP contribution < -0.4 is 10.1 Å². The number of hydrogen-bond donors (Lipinski definition) is 2. The number of fused-ring (bicyclic) bond motifs is 1. The van der Waals surface area contributed by atoms with E-state index in [-0.39, 0.29) is 18.0 Å². The second-order valence-electron chi connectivity index (χ2n) is 9.48. The van der Waals surface area contributed by atoms with Crippen molar-refractivity contribution in [2.24, 2.45) is 0 Å². The first kappa shape index (κ1) is 22.1. The molecule has 3 amide bonds. The maximum absolute atomic E-state index is 13.4. The molecule has 7 nitrogen and oxygen atoms in total. The number of benzene rings is 1. The van der Waals surface area contributed by atoms with Crippen molar-refractivity contribution in [3.8, 4) is 5.75 Å². The second-order valence-corrected chi connectivity index (χ2v) is 9.48. The Morgan fingerprint density at radius 1 is 1.19 bits per heavy atom. The molecule has 3 fully saturated rings. The fourth-order valence-corrected chi connectivity index (χ4v) is 6.53. The van der Waals surface area contributed by atoms with Crippen LogP contribution in [0, 0.1) is 6.92 Å². The summed E-state index contributed by atoms with van der Waals surface area (Å²) in [5, 5.41) is 15.4. The van der Waals surface area contributed by atoms with E-state index in [4.69, 9.17) is 4.74 Å². The molecule has 1 unspecified atom stereocenters. The molecule has 31 heavy (non-hydrogen) atoms. The van der Waals surface area contributed by atoms with Gasteiger partial charge in [0.25, 0.3) is 5.91 Å². The van der Waals surface area contributed by atoms with Crippen LogP contribution in [-0.4, -0.2) is 70.8 Å². The molecule has 1 aromatic rings. The zero-order valence-electron chi connectivity index (χ0n) is 19.3. The Labute approximate surface area is 184 Å². The number of carbonyl (C=O) groups excluding carboxylic acids is 2. The lowest BCUT2D eigenvalue weighted by Gasteiger charge is -2.62. The zero-order valence-corrected chi connectivity index (χ0v) is 19.3. The number of nitrogens with zero attached hydrogens (tertiary/aromatic N) is 2. The fourth-order valence-electron chi connectivity index (χ4n) is 6.53. The number of piperidine rings is 1. The molecule has 0 radical (unpaired) electrons. The number of methoxy groups -OCH3 is 1. The molecule has 1 spiro atoms. The third-order valence-corrected chi connectivity index (χ3v) is 8.36. The molecule has 2 saturated heterocycles. The minimum atomic E-state index is -1.02. The maximum Gasteiger partial charge on any atom is 0.325 e. The van der Waals surface area contributed by atoms with Gasteiger partial charge >= 0.3 is 6.03 Å². The molecule has 4 atom stereocenters. The average Bonchev–Trinajstić information content (AvgIpc) is 2.99. The molecule has 2 N–H and O–H groups in total. The van der Waals surface area contributed by atoms with Gasteiger partial charge < -0.3 is 15.2 Å². The lowest BCUT2D eigenvalue weighted by molar-refractivity contribution is -0.171. The summed E-state index contributed by atoms with van der Waals surface area (Å²) in [6, 6.07) is 5.58. The number of amides is 3. The Morgan fingerprint density at radius 2 is 1.94 bits per heavy atom. The highest BCUT2D eigenvalue weighted by molar-refractivity contribution is 6.07. The van der Waals surface area contributed by atoms with Gasteiger partial charge in [-0.05, 0) is 82.8 Å². The molecular formula is C24H35N3O4. The molecule has 1 aliphatic carbocycles. The first-order chi connectivity index (χ1) is 14.7. The van der Waals surface area contributed by atoms with E-state index in [1.807, 2.05) is 25.1 Å². The van der Waals surface area contributed by atoms with Crippen molar-refractivity contribution in [2.75, 3.05) is 26.7 Å². The highest BCUT2D eigenvalue weighted by atomic mass is 16.5. The number of hydrogen-bond acceptors (Lipinski definition) is 5. The summed E-state index contributed by atoms with van der Waals surface area (Å²) in [5.41, 5.74) is -0.565. The van der Waals surface area contributed by atoms with Crippen LogP contribution >= 0.6 is 0 Å². The summed E-state index contributed by atoms with van der Waals surface area (Å²) >= 11 is 0. The van der Waals surface area contributed by atoms with Gasteiger partial charge in [-0.15, -0.1) is 0 Å². The summed E-state index contributed by atoms with van der Waals surface area (Å²) in [5.74, 6) is 0.576. The Kier molecular flexibility index (Phi) is 5.33. The predicted molar refractivity (Wildman–Crippen MR) is 118 cm³/mol. The van der Waals surface area contributed by atoms with Crippen molar-refractivity contribution < 1.29 is 19.4 Å². The second kappa shape index (κ2) is 7.48. The Bertz CT molecular complexity index is 905. The van der Waals surface area contributed by atoms with Crippen LogP contribution in [0.3, 0.4) is 0 Å². The first-order valence-corrected chi connectivity index (χ1v) is 11.4. The topological polar surface area (TPSA) is 82.1 Å². The fraction of sp³-hybridized carbons (Fsp3) is 0.667. The highest BCUT2D eigenvalue weighted by Crippen LogP contribution is 2.58. The van der Waals surface area contributed by atoms with Crippen molar-refractivity contribution in [2.45, 2.75) is 76.0 Å². The van der Waals surface area contributed by atoms with Crippen LogP contribution in [0.15, 0.2) is 18.2 Å². The van der Waals surface area contributed by atoms with Gasteiger partial charge in [0.1, 0.15) is 11.3 Å². The Morgan fingerprint density at radius 3 is 2.55 bits per heavy atom. The van der Waals surface area contributed by atoms with Gasteiger partial charge in [-0.25, -0.2) is 4.79 Å². The van der Waals surface area contributed by atoms with E-state index in [0.29, 0.717) is 32.2 Å². The summed E-state index contributed by atoms with van der Waals surface area (Å²) in [7, 11) is 1.64. The largest absolute Gasteiger partial charge is 0.497 e. The third-order valence-electron chi connectivity index (χ3n) is 8.36. The molecule has 170 valence electrons. The number of urea groups is 1. The monoisotopic (exact) mass is 429 g/mol. The molecule has 3 aliphatic rings. The summed E-state index contributed by atoms with van der Waals surface area (Å²) in [4.78, 5) is 29.6. The van der Waals surface area contributed by atoms with Gasteiger partial charge in [-0.3, -0.25) is 14.6 Å². The number of aryl methyl sites for hydroxylation is 1. The van der Waals surface area contributed by atoms with Gasteiger partial charge in [0, 0.05) is 18.0 Å². The molecule has 1 aromatic carbocycles. The third kappa shape index (κ3) is 2.93. The van der Waals surface area contributed by atoms with Crippen molar-refractivity contribution in [1.82, 2.24) is 15.1 Å². The first-order valence-electron chi connectivity index (χ1n) is 11.4.